The zero-order valence-corrected chi connectivity index (χ0v) is 21.8. The maximum absolute atomic E-state index is 13.3. The molecule has 5 rings (SSSR count). The van der Waals surface area contributed by atoms with Crippen LogP contribution in [-0.4, -0.2) is 32.1 Å². The van der Waals surface area contributed by atoms with Crippen LogP contribution in [0.1, 0.15) is 22.3 Å². The number of anilines is 2. The molecule has 4 aromatic carbocycles. The Morgan fingerprint density at radius 2 is 1.37 bits per heavy atom. The summed E-state index contributed by atoms with van der Waals surface area (Å²) < 4.78 is 11.0. The Hall–Kier alpha value is -4.55. The average Bonchev–Trinajstić information content (AvgIpc) is 3.27. The molecular weight excluding hydrogens is 474 g/mol. The molecule has 192 valence electrons. The van der Waals surface area contributed by atoms with Crippen LogP contribution in [0.2, 0.25) is 0 Å². The van der Waals surface area contributed by atoms with Gasteiger partial charge in [0.25, 0.3) is 5.91 Å². The number of hydrogen-bond donors (Lipinski definition) is 2. The van der Waals surface area contributed by atoms with Crippen LogP contribution in [0, 0.1) is 0 Å². The highest BCUT2D eigenvalue weighted by molar-refractivity contribution is 6.37. The first-order chi connectivity index (χ1) is 18.6. The van der Waals surface area contributed by atoms with Crippen molar-refractivity contribution in [1.29, 1.82) is 0 Å². The molecule has 1 amide bonds. The molecule has 0 fully saturated rings. The van der Waals surface area contributed by atoms with Crippen molar-refractivity contribution in [1.82, 2.24) is 4.90 Å². The molecule has 2 N–H and O–H groups in total. The van der Waals surface area contributed by atoms with Crippen molar-refractivity contribution in [2.45, 2.75) is 13.1 Å². The van der Waals surface area contributed by atoms with Gasteiger partial charge in [-0.25, -0.2) is 0 Å². The fourth-order valence-corrected chi connectivity index (χ4v) is 4.73. The van der Waals surface area contributed by atoms with E-state index < -0.39 is 0 Å². The maximum atomic E-state index is 13.3. The summed E-state index contributed by atoms with van der Waals surface area (Å²) in [5, 5.41) is 6.51. The number of fused-ring (bicyclic) bond motifs is 1. The van der Waals surface area contributed by atoms with Gasteiger partial charge in [-0.05, 0) is 41.9 Å². The maximum Gasteiger partial charge on any atom is 0.258 e. The number of nitrogens with one attached hydrogen (secondary N) is 2. The number of amides is 1. The van der Waals surface area contributed by atoms with E-state index in [9.17, 15) is 4.79 Å². The SMILES string of the molecule is COc1cc2c(cc1OC)C(=C(Nc1ccc(CN(C)Cc3ccccc3)cc1)c1ccccc1)C(=O)N2. The highest BCUT2D eigenvalue weighted by Gasteiger charge is 2.30. The lowest BCUT2D eigenvalue weighted by Gasteiger charge is -2.18. The molecule has 0 saturated carbocycles. The van der Waals surface area contributed by atoms with Crippen molar-refractivity contribution in [2.75, 3.05) is 31.9 Å². The molecule has 0 spiro atoms. The fraction of sp³-hybridized carbons (Fsp3) is 0.156. The molecule has 1 aliphatic rings. The van der Waals surface area contributed by atoms with E-state index in [0.717, 1.165) is 35.6 Å². The van der Waals surface area contributed by atoms with Gasteiger partial charge in [-0.15, -0.1) is 0 Å². The van der Waals surface area contributed by atoms with Gasteiger partial charge >= 0.3 is 0 Å². The fourth-order valence-electron chi connectivity index (χ4n) is 4.73. The Bertz CT molecular complexity index is 1450. The lowest BCUT2D eigenvalue weighted by atomic mass is 9.99. The van der Waals surface area contributed by atoms with Crippen LogP contribution in [0.5, 0.6) is 11.5 Å². The molecule has 4 aromatic rings. The second-order valence-corrected chi connectivity index (χ2v) is 9.30. The van der Waals surface area contributed by atoms with Crippen LogP contribution in [-0.2, 0) is 17.9 Å². The molecule has 6 heteroatoms. The predicted octanol–water partition coefficient (Wildman–Crippen LogP) is 6.27. The Kier molecular flexibility index (Phi) is 7.43. The van der Waals surface area contributed by atoms with Gasteiger partial charge in [0.2, 0.25) is 0 Å². The molecule has 1 aliphatic heterocycles. The first-order valence-corrected chi connectivity index (χ1v) is 12.5. The van der Waals surface area contributed by atoms with Crippen molar-refractivity contribution in [3.05, 3.63) is 119 Å². The number of carbonyl (C=O) groups excluding carboxylic acids is 1. The van der Waals surface area contributed by atoms with Gasteiger partial charge in [-0.3, -0.25) is 9.69 Å². The van der Waals surface area contributed by atoms with E-state index in [0.29, 0.717) is 22.8 Å². The Morgan fingerprint density at radius 3 is 2.00 bits per heavy atom. The van der Waals surface area contributed by atoms with E-state index in [1.807, 2.05) is 42.5 Å². The van der Waals surface area contributed by atoms with Crippen molar-refractivity contribution < 1.29 is 14.3 Å². The molecular formula is C32H31N3O3. The van der Waals surface area contributed by atoms with Gasteiger partial charge in [0.1, 0.15) is 0 Å². The summed E-state index contributed by atoms with van der Waals surface area (Å²) in [6.07, 6.45) is 0. The Balaban J connectivity index is 1.44. The molecule has 0 bridgehead atoms. The quantitative estimate of drug-likeness (QED) is 0.263. The molecule has 0 saturated heterocycles. The Morgan fingerprint density at radius 1 is 0.789 bits per heavy atom. The van der Waals surface area contributed by atoms with Crippen LogP contribution < -0.4 is 20.1 Å². The second kappa shape index (κ2) is 11.2. The largest absolute Gasteiger partial charge is 0.493 e. The zero-order valence-electron chi connectivity index (χ0n) is 21.8. The summed E-state index contributed by atoms with van der Waals surface area (Å²) in [7, 11) is 5.29. The third kappa shape index (κ3) is 5.41. The summed E-state index contributed by atoms with van der Waals surface area (Å²) in [6.45, 7) is 1.72. The summed E-state index contributed by atoms with van der Waals surface area (Å²) in [5.41, 5.74) is 7.04. The van der Waals surface area contributed by atoms with Crippen LogP contribution in [0.3, 0.4) is 0 Å². The standard InChI is InChI=1S/C32H31N3O3/c1-35(20-22-10-6-4-7-11-22)21-23-14-16-25(17-15-23)33-31(24-12-8-5-9-13-24)30-26-18-28(37-2)29(38-3)19-27(26)34-32(30)36/h4-19,33H,20-21H2,1-3H3,(H,34,36). The van der Waals surface area contributed by atoms with Gasteiger partial charge in [-0.1, -0.05) is 72.8 Å². The van der Waals surface area contributed by atoms with Gasteiger partial charge in [-0.2, -0.15) is 0 Å². The molecule has 0 atom stereocenters. The van der Waals surface area contributed by atoms with E-state index in [-0.39, 0.29) is 5.91 Å². The highest BCUT2D eigenvalue weighted by Crippen LogP contribution is 2.43. The van der Waals surface area contributed by atoms with E-state index in [2.05, 4.69) is 71.1 Å². The molecule has 0 aliphatic carbocycles. The van der Waals surface area contributed by atoms with Crippen LogP contribution in [0.15, 0.2) is 97.1 Å². The summed E-state index contributed by atoms with van der Waals surface area (Å²) in [6, 6.07) is 32.3. The van der Waals surface area contributed by atoms with Crippen molar-refractivity contribution in [2.24, 2.45) is 0 Å². The van der Waals surface area contributed by atoms with E-state index in [4.69, 9.17) is 9.47 Å². The normalized spacial score (nSPS) is 13.6. The van der Waals surface area contributed by atoms with Crippen molar-refractivity contribution in [3.8, 4) is 11.5 Å². The van der Waals surface area contributed by atoms with Gasteiger partial charge in [0.15, 0.2) is 11.5 Å². The van der Waals surface area contributed by atoms with Crippen LogP contribution in [0.25, 0.3) is 11.3 Å². The summed E-state index contributed by atoms with van der Waals surface area (Å²) >= 11 is 0. The number of methoxy groups -OCH3 is 2. The number of ether oxygens (including phenoxy) is 2. The van der Waals surface area contributed by atoms with E-state index in [1.54, 1.807) is 20.3 Å². The van der Waals surface area contributed by atoms with E-state index in [1.165, 1.54) is 11.1 Å². The molecule has 6 nitrogen and oxygen atoms in total. The second-order valence-electron chi connectivity index (χ2n) is 9.30. The minimum atomic E-state index is -0.180. The number of rotatable bonds is 9. The van der Waals surface area contributed by atoms with Crippen molar-refractivity contribution in [3.63, 3.8) is 0 Å². The van der Waals surface area contributed by atoms with Gasteiger partial charge in [0, 0.05) is 30.4 Å². The minimum Gasteiger partial charge on any atom is -0.493 e. The number of hydrogen-bond acceptors (Lipinski definition) is 5. The summed E-state index contributed by atoms with van der Waals surface area (Å²) in [4.78, 5) is 15.6. The lowest BCUT2D eigenvalue weighted by molar-refractivity contribution is -0.110. The lowest BCUT2D eigenvalue weighted by Crippen LogP contribution is -2.17. The Labute approximate surface area is 223 Å². The average molecular weight is 506 g/mol. The molecule has 0 radical (unpaired) electrons. The number of carbonyl (C=O) groups is 1. The van der Waals surface area contributed by atoms with E-state index >= 15 is 0 Å². The highest BCUT2D eigenvalue weighted by atomic mass is 16.5. The third-order valence-electron chi connectivity index (χ3n) is 6.55. The smallest absolute Gasteiger partial charge is 0.258 e. The minimum absolute atomic E-state index is 0.180. The van der Waals surface area contributed by atoms with Gasteiger partial charge < -0.3 is 20.1 Å². The number of nitrogens with zero attached hydrogens (tertiary/aromatic N) is 1. The first kappa shape index (κ1) is 25.1. The van der Waals surface area contributed by atoms with Crippen LogP contribution in [0.4, 0.5) is 11.4 Å². The first-order valence-electron chi connectivity index (χ1n) is 12.5. The van der Waals surface area contributed by atoms with Gasteiger partial charge in [0.05, 0.1) is 31.2 Å². The predicted molar refractivity (Wildman–Crippen MR) is 153 cm³/mol. The molecule has 0 unspecified atom stereocenters. The monoisotopic (exact) mass is 505 g/mol. The van der Waals surface area contributed by atoms with Crippen molar-refractivity contribution >= 4 is 28.6 Å². The third-order valence-corrected chi connectivity index (χ3v) is 6.55. The molecule has 1 heterocycles. The summed E-state index contributed by atoms with van der Waals surface area (Å²) in [5.74, 6) is 0.951. The molecule has 38 heavy (non-hydrogen) atoms. The number of benzene rings is 4. The topological polar surface area (TPSA) is 62.8 Å². The van der Waals surface area contributed by atoms with Crippen LogP contribution >= 0.6 is 0 Å². The zero-order chi connectivity index (χ0) is 26.5. The molecule has 0 aromatic heterocycles.